The van der Waals surface area contributed by atoms with E-state index in [4.69, 9.17) is 27.9 Å². The molecule has 0 bridgehead atoms. The molecule has 3 aromatic carbocycles. The average Bonchev–Trinajstić information content (AvgIpc) is 2.96. The molecule has 2 amide bonds. The molecule has 0 aliphatic heterocycles. The molecule has 0 fully saturated rings. The Morgan fingerprint density at radius 3 is 2.32 bits per heavy atom. The summed E-state index contributed by atoms with van der Waals surface area (Å²) in [5.74, 6) is -0.118. The van der Waals surface area contributed by atoms with Crippen molar-refractivity contribution in [2.75, 3.05) is 24.5 Å². The van der Waals surface area contributed by atoms with Gasteiger partial charge in [0.25, 0.3) is 10.0 Å². The lowest BCUT2D eigenvalue weighted by Crippen LogP contribution is -2.52. The van der Waals surface area contributed by atoms with E-state index in [0.29, 0.717) is 24.3 Å². The van der Waals surface area contributed by atoms with Gasteiger partial charge in [-0.15, -0.1) is 0 Å². The lowest BCUT2D eigenvalue weighted by Gasteiger charge is -2.33. The number of benzene rings is 3. The number of ether oxygens (including phenoxy) is 1. The first kappa shape index (κ1) is 32.2. The first-order valence-corrected chi connectivity index (χ1v) is 15.4. The van der Waals surface area contributed by atoms with Crippen molar-refractivity contribution in [2.24, 2.45) is 5.92 Å². The minimum absolute atomic E-state index is 0.0232. The van der Waals surface area contributed by atoms with Crippen LogP contribution in [0.3, 0.4) is 0 Å². The SMILES string of the molecule is CCC(C(=O)NCC(C)C)N(Cc1cccc(OC)c1)C(=O)CN(c1cc(Cl)ccc1Cl)S(=O)(=O)c1ccccc1. The van der Waals surface area contributed by atoms with Crippen molar-refractivity contribution in [2.45, 2.75) is 44.7 Å². The predicted molar refractivity (Wildman–Crippen MR) is 163 cm³/mol. The quantitative estimate of drug-likeness (QED) is 0.262. The van der Waals surface area contributed by atoms with Gasteiger partial charge >= 0.3 is 0 Å². The lowest BCUT2D eigenvalue weighted by molar-refractivity contribution is -0.140. The third-order valence-corrected chi connectivity index (χ3v) is 8.67. The molecular formula is C30H35Cl2N3O5S. The fourth-order valence-corrected chi connectivity index (χ4v) is 6.10. The van der Waals surface area contributed by atoms with Crippen LogP contribution in [0.4, 0.5) is 5.69 Å². The molecule has 0 heterocycles. The summed E-state index contributed by atoms with van der Waals surface area (Å²) in [6.45, 7) is 5.62. The highest BCUT2D eigenvalue weighted by atomic mass is 35.5. The van der Waals surface area contributed by atoms with Gasteiger partial charge < -0.3 is 15.0 Å². The zero-order valence-corrected chi connectivity index (χ0v) is 25.8. The van der Waals surface area contributed by atoms with Gasteiger partial charge in [-0.3, -0.25) is 13.9 Å². The maximum atomic E-state index is 14.1. The molecule has 220 valence electrons. The molecule has 0 aliphatic rings. The molecule has 8 nitrogen and oxygen atoms in total. The minimum Gasteiger partial charge on any atom is -0.497 e. The Morgan fingerprint density at radius 2 is 1.68 bits per heavy atom. The van der Waals surface area contributed by atoms with E-state index in [1.165, 1.54) is 42.3 Å². The van der Waals surface area contributed by atoms with Crippen molar-refractivity contribution in [1.82, 2.24) is 10.2 Å². The molecule has 1 N–H and O–H groups in total. The van der Waals surface area contributed by atoms with Gasteiger partial charge in [-0.25, -0.2) is 8.42 Å². The van der Waals surface area contributed by atoms with Crippen LogP contribution in [-0.4, -0.2) is 51.4 Å². The summed E-state index contributed by atoms with van der Waals surface area (Å²) < 4.78 is 34.1. The Labute approximate surface area is 252 Å². The summed E-state index contributed by atoms with van der Waals surface area (Å²) >= 11 is 12.7. The number of halogens is 2. The fourth-order valence-electron chi connectivity index (χ4n) is 4.22. The van der Waals surface area contributed by atoms with Gasteiger partial charge in [0.05, 0.1) is 22.7 Å². The highest BCUT2D eigenvalue weighted by Gasteiger charge is 2.34. The van der Waals surface area contributed by atoms with Gasteiger partial charge in [-0.05, 0) is 60.4 Å². The Hall–Kier alpha value is -3.27. The summed E-state index contributed by atoms with van der Waals surface area (Å²) in [7, 11) is -2.72. The number of rotatable bonds is 13. The van der Waals surface area contributed by atoms with Gasteiger partial charge in [-0.1, -0.05) is 74.3 Å². The summed E-state index contributed by atoms with van der Waals surface area (Å²) in [4.78, 5) is 28.8. The topological polar surface area (TPSA) is 96.0 Å². The number of carbonyl (C=O) groups is 2. The Balaban J connectivity index is 2.09. The van der Waals surface area contributed by atoms with Crippen LogP contribution in [0, 0.1) is 5.92 Å². The number of nitrogens with zero attached hydrogens (tertiary/aromatic N) is 2. The summed E-state index contributed by atoms with van der Waals surface area (Å²) in [6.07, 6.45) is 0.309. The first-order valence-electron chi connectivity index (χ1n) is 13.2. The Morgan fingerprint density at radius 1 is 0.976 bits per heavy atom. The minimum atomic E-state index is -4.26. The number of nitrogens with one attached hydrogen (secondary N) is 1. The molecule has 0 aliphatic carbocycles. The molecule has 41 heavy (non-hydrogen) atoms. The predicted octanol–water partition coefficient (Wildman–Crippen LogP) is 5.78. The normalized spacial score (nSPS) is 12.1. The van der Waals surface area contributed by atoms with E-state index in [0.717, 1.165) is 4.31 Å². The van der Waals surface area contributed by atoms with Crippen LogP contribution in [0.5, 0.6) is 5.75 Å². The monoisotopic (exact) mass is 619 g/mol. The standard InChI is InChI=1S/C30H35Cl2N3O5S/c1-5-27(30(37)33-18-21(2)3)34(19-22-10-9-11-24(16-22)40-4)29(36)20-35(28-17-23(31)14-15-26(28)32)41(38,39)25-12-7-6-8-13-25/h6-17,21,27H,5,18-20H2,1-4H3,(H,33,37). The summed E-state index contributed by atoms with van der Waals surface area (Å²) in [5.41, 5.74) is 0.765. The molecule has 0 saturated carbocycles. The number of hydrogen-bond acceptors (Lipinski definition) is 5. The van der Waals surface area contributed by atoms with Gasteiger partial charge in [-0.2, -0.15) is 0 Å². The van der Waals surface area contributed by atoms with Crippen molar-refractivity contribution in [3.05, 3.63) is 88.4 Å². The summed E-state index contributed by atoms with van der Waals surface area (Å²) in [5, 5.41) is 3.25. The van der Waals surface area contributed by atoms with Crippen molar-refractivity contribution < 1.29 is 22.7 Å². The van der Waals surface area contributed by atoms with Crippen molar-refractivity contribution in [1.29, 1.82) is 0 Å². The Bertz CT molecular complexity index is 1450. The largest absolute Gasteiger partial charge is 0.497 e. The second-order valence-electron chi connectivity index (χ2n) is 9.86. The third kappa shape index (κ3) is 8.38. The van der Waals surface area contributed by atoms with Gasteiger partial charge in [0, 0.05) is 18.1 Å². The van der Waals surface area contributed by atoms with Crippen LogP contribution >= 0.6 is 23.2 Å². The van der Waals surface area contributed by atoms with Crippen LogP contribution in [0.1, 0.15) is 32.8 Å². The molecule has 1 unspecified atom stereocenters. The van der Waals surface area contributed by atoms with E-state index in [1.807, 2.05) is 19.9 Å². The zero-order valence-electron chi connectivity index (χ0n) is 23.5. The molecule has 0 aromatic heterocycles. The van der Waals surface area contributed by atoms with Crippen LogP contribution in [0.2, 0.25) is 10.0 Å². The molecule has 0 radical (unpaired) electrons. The molecule has 0 spiro atoms. The average molecular weight is 621 g/mol. The van der Waals surface area contributed by atoms with E-state index >= 15 is 0 Å². The number of carbonyl (C=O) groups excluding carboxylic acids is 2. The van der Waals surface area contributed by atoms with E-state index < -0.39 is 28.5 Å². The van der Waals surface area contributed by atoms with Crippen molar-refractivity contribution >= 4 is 50.7 Å². The van der Waals surface area contributed by atoms with Crippen molar-refractivity contribution in [3.63, 3.8) is 0 Å². The van der Waals surface area contributed by atoms with Gasteiger partial charge in [0.2, 0.25) is 11.8 Å². The lowest BCUT2D eigenvalue weighted by atomic mass is 10.1. The highest BCUT2D eigenvalue weighted by molar-refractivity contribution is 7.92. The van der Waals surface area contributed by atoms with Gasteiger partial charge in [0.15, 0.2) is 0 Å². The smallest absolute Gasteiger partial charge is 0.264 e. The maximum Gasteiger partial charge on any atom is 0.264 e. The number of amides is 2. The van der Waals surface area contributed by atoms with Crippen LogP contribution in [0.25, 0.3) is 0 Å². The van der Waals surface area contributed by atoms with Crippen LogP contribution < -0.4 is 14.4 Å². The first-order chi connectivity index (χ1) is 19.5. The zero-order chi connectivity index (χ0) is 30.2. The highest BCUT2D eigenvalue weighted by Crippen LogP contribution is 2.33. The maximum absolute atomic E-state index is 14.1. The second kappa shape index (κ2) is 14.6. The fraction of sp³-hybridized carbons (Fsp3) is 0.333. The Kier molecular flexibility index (Phi) is 11.5. The van der Waals surface area contributed by atoms with Crippen LogP contribution in [0.15, 0.2) is 77.7 Å². The second-order valence-corrected chi connectivity index (χ2v) is 12.6. The third-order valence-electron chi connectivity index (χ3n) is 6.34. The molecule has 0 saturated heterocycles. The molecule has 3 aromatic rings. The number of hydrogen-bond donors (Lipinski definition) is 1. The van der Waals surface area contributed by atoms with Gasteiger partial charge in [0.1, 0.15) is 18.3 Å². The van der Waals surface area contributed by atoms with E-state index in [2.05, 4.69) is 5.32 Å². The number of methoxy groups -OCH3 is 1. The molecule has 3 rings (SSSR count). The molecule has 1 atom stereocenters. The van der Waals surface area contributed by atoms with E-state index in [9.17, 15) is 18.0 Å². The summed E-state index contributed by atoms with van der Waals surface area (Å²) in [6, 6.07) is 18.4. The molecular weight excluding hydrogens is 585 g/mol. The number of anilines is 1. The van der Waals surface area contributed by atoms with Crippen LogP contribution in [-0.2, 0) is 26.2 Å². The number of sulfonamides is 1. The van der Waals surface area contributed by atoms with E-state index in [1.54, 1.807) is 43.3 Å². The van der Waals surface area contributed by atoms with E-state index in [-0.39, 0.29) is 39.0 Å². The van der Waals surface area contributed by atoms with Crippen molar-refractivity contribution in [3.8, 4) is 5.75 Å². The molecule has 11 heteroatoms.